The minimum Gasteiger partial charge on any atom is -0.330 e. The number of fused-ring (bicyclic) bond motifs is 6. The van der Waals surface area contributed by atoms with Crippen molar-refractivity contribution in [2.24, 2.45) is 5.92 Å². The van der Waals surface area contributed by atoms with Gasteiger partial charge in [0.1, 0.15) is 11.3 Å². The number of H-pyrrole nitrogens is 2. The molecule has 6 aromatic heterocycles. The Morgan fingerprint density at radius 1 is 0.585 bits per heavy atom. The molecule has 94 heavy (non-hydrogen) atoms. The fraction of sp³-hybridized carbons (Fsp3) is 0.262. The summed E-state index contributed by atoms with van der Waals surface area (Å²) in [5.41, 5.74) is 5.12. The third-order valence-electron chi connectivity index (χ3n) is 17.6. The number of nitrogens with zero attached hydrogens (tertiary/aromatic N) is 12. The molecule has 8 heterocycles. The minimum atomic E-state index is -4.78. The van der Waals surface area contributed by atoms with Crippen LogP contribution in [0.3, 0.4) is 0 Å². The molecule has 0 saturated heterocycles. The van der Waals surface area contributed by atoms with Crippen LogP contribution >= 0.6 is 31.9 Å². The van der Waals surface area contributed by atoms with Crippen molar-refractivity contribution >= 4 is 55.0 Å². The van der Waals surface area contributed by atoms with Crippen LogP contribution in [0.2, 0.25) is 0 Å². The van der Waals surface area contributed by atoms with Crippen LogP contribution in [-0.2, 0) is 63.7 Å². The number of amides is 2. The molecule has 11 aromatic rings. The lowest BCUT2D eigenvalue weighted by Gasteiger charge is -2.35. The number of nitrogens with one attached hydrogen (secondary N) is 2. The average Bonchev–Trinajstić information content (AvgIpc) is 1.37. The highest BCUT2D eigenvalue weighted by Gasteiger charge is 2.40. The molecule has 2 atom stereocenters. The molecule has 5 aromatic carbocycles. The van der Waals surface area contributed by atoms with Crippen molar-refractivity contribution in [3.8, 4) is 34.0 Å². The first-order chi connectivity index (χ1) is 44.8. The number of carbonyl (C=O) groups excluding carboxylic acids is 2. The van der Waals surface area contributed by atoms with E-state index < -0.39 is 64.9 Å². The summed E-state index contributed by atoms with van der Waals surface area (Å²) in [4.78, 5) is 63.4. The van der Waals surface area contributed by atoms with E-state index >= 15 is 4.79 Å². The van der Waals surface area contributed by atoms with E-state index in [4.69, 9.17) is 10.2 Å². The number of hydrogen-bond donors (Lipinski definition) is 2. The number of benzene rings is 5. The summed E-state index contributed by atoms with van der Waals surface area (Å²) >= 11 is 5.90. The summed E-state index contributed by atoms with van der Waals surface area (Å²) in [7, 11) is 0. The Hall–Kier alpha value is -9.51. The Balaban J connectivity index is 0.766. The van der Waals surface area contributed by atoms with Gasteiger partial charge < -0.3 is 14.8 Å². The van der Waals surface area contributed by atoms with Gasteiger partial charge in [-0.3, -0.25) is 33.4 Å². The summed E-state index contributed by atoms with van der Waals surface area (Å²) in [5, 5.41) is 28.2. The van der Waals surface area contributed by atoms with Crippen LogP contribution < -0.4 is 11.1 Å². The number of carbonyl (C=O) groups is 2. The third-order valence-corrected chi connectivity index (χ3v) is 19.0. The molecule has 1 saturated carbocycles. The molecule has 0 spiro atoms. The van der Waals surface area contributed by atoms with Gasteiger partial charge in [0.15, 0.2) is 5.82 Å². The molecule has 1 aliphatic carbocycles. The molecule has 3 aliphatic rings. The second kappa shape index (κ2) is 23.2. The van der Waals surface area contributed by atoms with Crippen molar-refractivity contribution in [3.05, 3.63) is 230 Å². The number of alkyl halides is 9. The van der Waals surface area contributed by atoms with Crippen LogP contribution in [0.15, 0.2) is 140 Å². The number of rotatable bonds is 12. The van der Waals surface area contributed by atoms with Gasteiger partial charge in [-0.1, -0.05) is 73.5 Å². The molecule has 1 fully saturated rings. The molecule has 18 nitrogen and oxygen atoms in total. The lowest BCUT2D eigenvalue weighted by molar-refractivity contribution is -0.144. The predicted octanol–water partition coefficient (Wildman–Crippen LogP) is 12.7. The molecule has 2 aliphatic heterocycles. The number of aromatic amines is 2. The molecule has 480 valence electrons. The zero-order valence-electron chi connectivity index (χ0n) is 49.3. The number of aromatic nitrogens is 12. The van der Waals surface area contributed by atoms with Crippen LogP contribution in [0.25, 0.3) is 45.3 Å². The largest absolute Gasteiger partial charge is 0.451 e. The maximum absolute atomic E-state index is 15.1. The summed E-state index contributed by atoms with van der Waals surface area (Å²) in [6.07, 6.45) is -7.65. The Morgan fingerprint density at radius 3 is 1.59 bits per heavy atom. The van der Waals surface area contributed by atoms with E-state index in [9.17, 15) is 53.9 Å². The lowest BCUT2D eigenvalue weighted by Crippen LogP contribution is -2.46. The maximum Gasteiger partial charge on any atom is 0.451 e. The molecule has 0 radical (unpaired) electrons. The number of hydrogen-bond acceptors (Lipinski definition) is 10. The van der Waals surface area contributed by atoms with Crippen LogP contribution in [0, 0.1) is 5.92 Å². The molecule has 2 N–H and O–H groups in total. The average molecular weight is 1420 g/mol. The van der Waals surface area contributed by atoms with Gasteiger partial charge in [0.05, 0.1) is 70.8 Å². The predicted molar refractivity (Wildman–Crippen MR) is 330 cm³/mol. The van der Waals surface area contributed by atoms with Gasteiger partial charge in [0, 0.05) is 78.4 Å². The van der Waals surface area contributed by atoms with Gasteiger partial charge in [-0.05, 0) is 136 Å². The van der Waals surface area contributed by atoms with Gasteiger partial charge in [-0.25, -0.2) is 9.03 Å². The second-order valence-electron chi connectivity index (χ2n) is 23.9. The van der Waals surface area contributed by atoms with E-state index in [0.717, 1.165) is 47.7 Å². The highest BCUT2D eigenvalue weighted by Crippen LogP contribution is 2.40. The molecular formula is C65H49Br2F9N14O4. The van der Waals surface area contributed by atoms with Crippen molar-refractivity contribution in [3.63, 3.8) is 0 Å². The molecular weight excluding hydrogens is 1370 g/mol. The first-order valence-corrected chi connectivity index (χ1v) is 31.2. The molecule has 0 unspecified atom stereocenters. The lowest BCUT2D eigenvalue weighted by atomic mass is 9.97. The quantitative estimate of drug-likeness (QED) is 0.111. The van der Waals surface area contributed by atoms with Crippen LogP contribution in [0.5, 0.6) is 0 Å². The van der Waals surface area contributed by atoms with Crippen molar-refractivity contribution < 1.29 is 49.1 Å². The summed E-state index contributed by atoms with van der Waals surface area (Å²) in [6.45, 7) is 3.17. The Morgan fingerprint density at radius 2 is 1.09 bits per heavy atom. The van der Waals surface area contributed by atoms with Gasteiger partial charge in [-0.2, -0.15) is 49.7 Å². The van der Waals surface area contributed by atoms with E-state index in [1.807, 2.05) is 48.5 Å². The van der Waals surface area contributed by atoms with Gasteiger partial charge in [-0.15, -0.1) is 15.3 Å². The van der Waals surface area contributed by atoms with Crippen LogP contribution in [0.1, 0.15) is 115 Å². The number of halogens is 11. The summed E-state index contributed by atoms with van der Waals surface area (Å²) in [6, 6.07) is 26.4. The molecule has 14 rings (SSSR count). The molecule has 0 bridgehead atoms. The summed E-state index contributed by atoms with van der Waals surface area (Å²) in [5.74, 6) is -2.36. The smallest absolute Gasteiger partial charge is 0.330 e. The Kier molecular flexibility index (Phi) is 15.3. The van der Waals surface area contributed by atoms with Crippen molar-refractivity contribution in [2.75, 3.05) is 0 Å². The normalized spacial score (nSPS) is 16.1. The van der Waals surface area contributed by atoms with Gasteiger partial charge in [0.25, 0.3) is 22.9 Å². The topological polar surface area (TPSA) is 202 Å². The zero-order chi connectivity index (χ0) is 66.0. The SMILES string of the molecule is C[C@H]1Cc2c(n3ncc(Cc4cccc(Cc5nn[nH]c5-c5ccc(-n6c(=O)c7c(n8ncc(CC9CC9)c68)CN(C(=O)c6ccc(Br)c(C(F)(F)F)c6)[C@@H](C)C7)cc5)c4)c3n(-c3ccc(-c4nnc(C(F)(F)F)[nH]4)cc3)c2=O)CN1C(=O)c1ccc(Br)c(C(F)(F)F)c1. The van der Waals surface area contributed by atoms with Gasteiger partial charge >= 0.3 is 18.5 Å². The monoisotopic (exact) mass is 1420 g/mol. The Labute approximate surface area is 542 Å². The fourth-order valence-corrected chi connectivity index (χ4v) is 13.7. The maximum atomic E-state index is 15.1. The van der Waals surface area contributed by atoms with Crippen molar-refractivity contribution in [1.29, 1.82) is 0 Å². The highest BCUT2D eigenvalue weighted by atomic mass is 79.9. The minimum absolute atomic E-state index is 0.00489. The van der Waals surface area contributed by atoms with Crippen molar-refractivity contribution in [1.82, 2.24) is 68.8 Å². The second-order valence-corrected chi connectivity index (χ2v) is 25.6. The molecule has 2 amide bonds. The first kappa shape index (κ1) is 62.0. The van der Waals surface area contributed by atoms with E-state index in [0.29, 0.717) is 68.8 Å². The Bertz CT molecular complexity index is 5010. The van der Waals surface area contributed by atoms with E-state index in [1.165, 1.54) is 49.2 Å². The first-order valence-electron chi connectivity index (χ1n) is 29.6. The van der Waals surface area contributed by atoms with E-state index in [-0.39, 0.29) is 87.0 Å². The highest BCUT2D eigenvalue weighted by molar-refractivity contribution is 9.10. The third kappa shape index (κ3) is 11.3. The van der Waals surface area contributed by atoms with Crippen LogP contribution in [-0.4, -0.2) is 92.7 Å². The van der Waals surface area contributed by atoms with E-state index in [2.05, 4.69) is 62.5 Å². The fourth-order valence-electron chi connectivity index (χ4n) is 12.7. The van der Waals surface area contributed by atoms with E-state index in [1.54, 1.807) is 47.5 Å². The van der Waals surface area contributed by atoms with Gasteiger partial charge in [0.2, 0.25) is 5.82 Å². The van der Waals surface area contributed by atoms with Crippen LogP contribution in [0.4, 0.5) is 39.5 Å². The standard InChI is InChI=1S/C65H49Br2F9N14O4/c1-32-20-45-52(30-85(32)58(91)39-12-18-49(66)47(26-39)63(68,69)70)89-56(41(28-77-89)23-34-6-7-34)87(60(45)93)43-14-8-37(9-15-43)54-51(80-84-81-54)25-36-5-3-4-35(22-36)24-42-29-78-90-53-31-86(59(92)40-13-19-50(67)48(27-40)64(71,72)73)33(2)21-46(53)61(94)88(57(42)90)44-16-10-38(11-17-44)55-79-62(83-82-55)65(74,75)76/h3-5,8-19,22,26-29,32-34H,6-7,20-21,23-25,30-31H2,1-2H3,(H,79,82,83)(H,80,81,84)/t32-,33-/m0/s1. The van der Waals surface area contributed by atoms with Crippen molar-refractivity contribution in [2.45, 2.75) is 102 Å². The summed E-state index contributed by atoms with van der Waals surface area (Å²) < 4.78 is 130. The zero-order valence-corrected chi connectivity index (χ0v) is 52.5. The molecule has 29 heteroatoms.